The highest BCUT2D eigenvalue weighted by Gasteiger charge is 2.16. The SMILES string of the molecule is CCOc1cc(C(=O)OCc2cn3cc(Cl)ccc3n2)ccc1OC(F)F. The molecule has 2 heterocycles. The normalized spacial score (nSPS) is 11.0. The van der Waals surface area contributed by atoms with E-state index in [0.717, 1.165) is 0 Å². The van der Waals surface area contributed by atoms with E-state index in [1.54, 1.807) is 35.9 Å². The van der Waals surface area contributed by atoms with Gasteiger partial charge < -0.3 is 18.6 Å². The summed E-state index contributed by atoms with van der Waals surface area (Å²) in [6.45, 7) is -1.14. The molecule has 142 valence electrons. The first-order chi connectivity index (χ1) is 13.0. The van der Waals surface area contributed by atoms with E-state index in [4.69, 9.17) is 21.1 Å². The molecule has 0 unspecified atom stereocenters. The van der Waals surface area contributed by atoms with Crippen molar-refractivity contribution in [1.29, 1.82) is 0 Å². The van der Waals surface area contributed by atoms with Crippen molar-refractivity contribution in [2.24, 2.45) is 0 Å². The average molecular weight is 397 g/mol. The van der Waals surface area contributed by atoms with Crippen molar-refractivity contribution < 1.29 is 27.8 Å². The smallest absolute Gasteiger partial charge is 0.387 e. The Kier molecular flexibility index (Phi) is 5.75. The maximum Gasteiger partial charge on any atom is 0.387 e. The van der Waals surface area contributed by atoms with E-state index in [-0.39, 0.29) is 30.3 Å². The van der Waals surface area contributed by atoms with E-state index in [9.17, 15) is 13.6 Å². The molecule has 6 nitrogen and oxygen atoms in total. The molecule has 0 atom stereocenters. The van der Waals surface area contributed by atoms with Gasteiger partial charge in [0.2, 0.25) is 0 Å². The number of halogens is 3. The summed E-state index contributed by atoms with van der Waals surface area (Å²) in [5.74, 6) is -0.759. The van der Waals surface area contributed by atoms with E-state index >= 15 is 0 Å². The van der Waals surface area contributed by atoms with Gasteiger partial charge >= 0.3 is 12.6 Å². The Bertz CT molecular complexity index is 962. The Morgan fingerprint density at radius 2 is 2.04 bits per heavy atom. The number of alkyl halides is 2. The summed E-state index contributed by atoms with van der Waals surface area (Å²) in [6.07, 6.45) is 3.38. The molecular formula is C18H15ClF2N2O4. The molecule has 0 amide bonds. The predicted octanol–water partition coefficient (Wildman–Crippen LogP) is 4.34. The zero-order valence-corrected chi connectivity index (χ0v) is 15.0. The maximum absolute atomic E-state index is 12.4. The van der Waals surface area contributed by atoms with Gasteiger partial charge in [-0.3, -0.25) is 0 Å². The minimum Gasteiger partial charge on any atom is -0.490 e. The summed E-state index contributed by atoms with van der Waals surface area (Å²) in [6, 6.07) is 7.31. The van der Waals surface area contributed by atoms with Crippen LogP contribution in [0.25, 0.3) is 5.65 Å². The Balaban J connectivity index is 1.71. The second-order valence-corrected chi connectivity index (χ2v) is 5.83. The fourth-order valence-electron chi connectivity index (χ4n) is 2.41. The molecule has 0 fully saturated rings. The third-order valence-electron chi connectivity index (χ3n) is 3.51. The number of pyridine rings is 1. The molecule has 0 bridgehead atoms. The molecule has 2 aromatic heterocycles. The first-order valence-electron chi connectivity index (χ1n) is 7.98. The van der Waals surface area contributed by atoms with Gasteiger partial charge in [-0.05, 0) is 37.3 Å². The molecule has 27 heavy (non-hydrogen) atoms. The molecule has 0 aliphatic rings. The zero-order valence-electron chi connectivity index (χ0n) is 14.2. The fourth-order valence-corrected chi connectivity index (χ4v) is 2.57. The number of aromatic nitrogens is 2. The minimum atomic E-state index is -2.99. The molecule has 3 aromatic rings. The van der Waals surface area contributed by atoms with E-state index < -0.39 is 12.6 Å². The second-order valence-electron chi connectivity index (χ2n) is 5.39. The highest BCUT2D eigenvalue weighted by molar-refractivity contribution is 6.30. The van der Waals surface area contributed by atoms with Crippen molar-refractivity contribution in [2.45, 2.75) is 20.1 Å². The number of rotatable bonds is 7. The van der Waals surface area contributed by atoms with Gasteiger partial charge in [-0.2, -0.15) is 8.78 Å². The van der Waals surface area contributed by atoms with Crippen molar-refractivity contribution >= 4 is 23.2 Å². The van der Waals surface area contributed by atoms with Gasteiger partial charge in [-0.25, -0.2) is 9.78 Å². The second kappa shape index (κ2) is 8.22. The van der Waals surface area contributed by atoms with Crippen LogP contribution in [0.15, 0.2) is 42.7 Å². The minimum absolute atomic E-state index is 0.0367. The summed E-state index contributed by atoms with van der Waals surface area (Å²) in [5.41, 5.74) is 1.35. The van der Waals surface area contributed by atoms with Crippen molar-refractivity contribution in [3.8, 4) is 11.5 Å². The maximum atomic E-state index is 12.4. The standard InChI is InChI=1S/C18H15ClF2N2O4/c1-2-25-15-7-11(3-5-14(15)27-18(20)21)17(24)26-10-13-9-23-8-12(19)4-6-16(23)22-13/h3-9,18H,2,10H2,1H3. The molecule has 1 aromatic carbocycles. The Morgan fingerprint density at radius 3 is 2.78 bits per heavy atom. The molecule has 0 N–H and O–H groups in total. The summed E-state index contributed by atoms with van der Waals surface area (Å²) < 4.78 is 41.4. The number of hydrogen-bond acceptors (Lipinski definition) is 5. The highest BCUT2D eigenvalue weighted by atomic mass is 35.5. The Morgan fingerprint density at radius 1 is 1.22 bits per heavy atom. The van der Waals surface area contributed by atoms with Gasteiger partial charge in [0.1, 0.15) is 12.3 Å². The molecule has 3 rings (SSSR count). The predicted molar refractivity (Wildman–Crippen MR) is 93.6 cm³/mol. The van der Waals surface area contributed by atoms with Crippen LogP contribution in [-0.2, 0) is 11.3 Å². The molecule has 0 saturated heterocycles. The van der Waals surface area contributed by atoms with Gasteiger partial charge in [-0.15, -0.1) is 0 Å². The van der Waals surface area contributed by atoms with Gasteiger partial charge in [0.25, 0.3) is 0 Å². The van der Waals surface area contributed by atoms with Crippen molar-refractivity contribution in [3.63, 3.8) is 0 Å². The van der Waals surface area contributed by atoms with Crippen molar-refractivity contribution in [3.05, 3.63) is 59.0 Å². The number of carbonyl (C=O) groups excluding carboxylic acids is 1. The molecule has 0 aliphatic heterocycles. The van der Waals surface area contributed by atoms with Crippen molar-refractivity contribution in [1.82, 2.24) is 9.38 Å². The van der Waals surface area contributed by atoms with Gasteiger partial charge in [0.05, 0.1) is 22.9 Å². The van der Waals surface area contributed by atoms with Crippen LogP contribution in [0.2, 0.25) is 5.02 Å². The number of ether oxygens (including phenoxy) is 3. The van der Waals surface area contributed by atoms with Gasteiger partial charge in [-0.1, -0.05) is 11.6 Å². The molecule has 0 aliphatic carbocycles. The largest absolute Gasteiger partial charge is 0.490 e. The number of esters is 1. The van der Waals surface area contributed by atoms with Crippen LogP contribution in [0, 0.1) is 0 Å². The molecule has 0 spiro atoms. The van der Waals surface area contributed by atoms with Crippen LogP contribution in [0.4, 0.5) is 8.78 Å². The van der Waals surface area contributed by atoms with Crippen LogP contribution in [-0.4, -0.2) is 28.6 Å². The molecule has 0 saturated carbocycles. The lowest BCUT2D eigenvalue weighted by molar-refractivity contribution is -0.0514. The van der Waals surface area contributed by atoms with Crippen LogP contribution in [0.1, 0.15) is 23.0 Å². The Labute approximate surface area is 158 Å². The monoisotopic (exact) mass is 396 g/mol. The fraction of sp³-hybridized carbons (Fsp3) is 0.222. The first kappa shape index (κ1) is 18.9. The molecule has 9 heteroatoms. The van der Waals surface area contributed by atoms with E-state index in [0.29, 0.717) is 16.4 Å². The van der Waals surface area contributed by atoms with Gasteiger partial charge in [0, 0.05) is 12.4 Å². The average Bonchev–Trinajstić information content (AvgIpc) is 3.03. The lowest BCUT2D eigenvalue weighted by Crippen LogP contribution is -2.08. The van der Waals surface area contributed by atoms with E-state index in [1.807, 2.05) is 0 Å². The third-order valence-corrected chi connectivity index (χ3v) is 3.73. The first-order valence-corrected chi connectivity index (χ1v) is 8.36. The lowest BCUT2D eigenvalue weighted by atomic mass is 10.2. The summed E-state index contributed by atoms with van der Waals surface area (Å²) in [4.78, 5) is 16.6. The number of fused-ring (bicyclic) bond motifs is 1. The van der Waals surface area contributed by atoms with Crippen LogP contribution < -0.4 is 9.47 Å². The topological polar surface area (TPSA) is 62.1 Å². The number of benzene rings is 1. The number of nitrogens with zero attached hydrogens (tertiary/aromatic N) is 2. The third kappa shape index (κ3) is 4.65. The summed E-state index contributed by atoms with van der Waals surface area (Å²) in [5, 5.41) is 0.554. The van der Waals surface area contributed by atoms with Gasteiger partial charge in [0.15, 0.2) is 11.5 Å². The number of imidazole rings is 1. The number of hydrogen-bond donors (Lipinski definition) is 0. The molecule has 0 radical (unpaired) electrons. The Hall–Kier alpha value is -2.87. The van der Waals surface area contributed by atoms with Crippen LogP contribution in [0.3, 0.4) is 0 Å². The quantitative estimate of drug-likeness (QED) is 0.556. The van der Waals surface area contributed by atoms with Crippen LogP contribution in [0.5, 0.6) is 11.5 Å². The highest BCUT2D eigenvalue weighted by Crippen LogP contribution is 2.30. The van der Waals surface area contributed by atoms with E-state index in [2.05, 4.69) is 9.72 Å². The lowest BCUT2D eigenvalue weighted by Gasteiger charge is -2.12. The van der Waals surface area contributed by atoms with E-state index in [1.165, 1.54) is 18.2 Å². The summed E-state index contributed by atoms with van der Waals surface area (Å²) in [7, 11) is 0. The molecular weight excluding hydrogens is 382 g/mol. The number of carbonyl (C=O) groups is 1. The summed E-state index contributed by atoms with van der Waals surface area (Å²) >= 11 is 5.92. The van der Waals surface area contributed by atoms with Crippen molar-refractivity contribution in [2.75, 3.05) is 6.61 Å². The zero-order chi connectivity index (χ0) is 19.4. The van der Waals surface area contributed by atoms with Crippen LogP contribution >= 0.6 is 11.6 Å².